The highest BCUT2D eigenvalue weighted by molar-refractivity contribution is 4.81. The Morgan fingerprint density at radius 1 is 1.06 bits per heavy atom. The first kappa shape index (κ1) is 13.4. The van der Waals surface area contributed by atoms with Crippen LogP contribution in [0.3, 0.4) is 0 Å². The van der Waals surface area contributed by atoms with E-state index < -0.39 is 0 Å². The molecule has 0 aromatic rings. The molecule has 17 heavy (non-hydrogen) atoms. The molecule has 2 heteroatoms. The van der Waals surface area contributed by atoms with Gasteiger partial charge in [-0.25, -0.2) is 0 Å². The van der Waals surface area contributed by atoms with Crippen molar-refractivity contribution in [3.8, 4) is 0 Å². The molecule has 1 saturated heterocycles. The average molecular weight is 238 g/mol. The molecule has 0 radical (unpaired) electrons. The maximum atomic E-state index is 3.59. The van der Waals surface area contributed by atoms with Crippen LogP contribution in [0.1, 0.15) is 58.8 Å². The van der Waals surface area contributed by atoms with E-state index in [9.17, 15) is 0 Å². The molecule has 0 aromatic heterocycles. The third-order valence-electron chi connectivity index (χ3n) is 4.30. The molecule has 1 N–H and O–H groups in total. The zero-order valence-electron chi connectivity index (χ0n) is 11.8. The number of rotatable bonds is 8. The lowest BCUT2D eigenvalue weighted by Gasteiger charge is -2.20. The molecule has 0 aromatic carbocycles. The summed E-state index contributed by atoms with van der Waals surface area (Å²) in [5.41, 5.74) is 0. The summed E-state index contributed by atoms with van der Waals surface area (Å²) in [5, 5.41) is 3.59. The lowest BCUT2D eigenvalue weighted by atomic mass is 10.1. The number of likely N-dealkylation sites (tertiary alicyclic amines) is 1. The van der Waals surface area contributed by atoms with Crippen molar-refractivity contribution in [3.63, 3.8) is 0 Å². The van der Waals surface area contributed by atoms with Crippen LogP contribution in [0.15, 0.2) is 0 Å². The van der Waals surface area contributed by atoms with Crippen LogP contribution in [-0.4, -0.2) is 36.6 Å². The van der Waals surface area contributed by atoms with Gasteiger partial charge in [-0.2, -0.15) is 0 Å². The molecule has 2 fully saturated rings. The van der Waals surface area contributed by atoms with Gasteiger partial charge >= 0.3 is 0 Å². The highest BCUT2D eigenvalue weighted by atomic mass is 15.2. The smallest absolute Gasteiger partial charge is 0.00700 e. The van der Waals surface area contributed by atoms with Gasteiger partial charge in [0.25, 0.3) is 0 Å². The molecule has 2 atom stereocenters. The van der Waals surface area contributed by atoms with E-state index in [-0.39, 0.29) is 0 Å². The number of unbranched alkanes of at least 4 members (excludes halogenated alkanes) is 3. The Kier molecular flexibility index (Phi) is 5.30. The van der Waals surface area contributed by atoms with E-state index >= 15 is 0 Å². The number of nitrogens with zero attached hydrogens (tertiary/aromatic N) is 1. The molecule has 1 saturated carbocycles. The fraction of sp³-hybridized carbons (Fsp3) is 1.00. The zero-order valence-corrected chi connectivity index (χ0v) is 11.8. The van der Waals surface area contributed by atoms with Gasteiger partial charge in [-0.1, -0.05) is 19.8 Å². The first-order valence-corrected chi connectivity index (χ1v) is 7.73. The normalized spacial score (nSPS) is 30.0. The molecular formula is C15H30N2. The summed E-state index contributed by atoms with van der Waals surface area (Å²) >= 11 is 0. The second-order valence-corrected chi connectivity index (χ2v) is 6.33. The number of nitrogens with one attached hydrogen (secondary N) is 1. The second-order valence-electron chi connectivity index (χ2n) is 6.33. The predicted molar refractivity (Wildman–Crippen MR) is 74.3 cm³/mol. The quantitative estimate of drug-likeness (QED) is 0.654. The molecule has 0 spiro atoms. The predicted octanol–water partition coefficient (Wildman–Crippen LogP) is 3.03. The highest BCUT2D eigenvalue weighted by Crippen LogP contribution is 2.22. The lowest BCUT2D eigenvalue weighted by molar-refractivity contribution is 0.258. The fourth-order valence-electron chi connectivity index (χ4n) is 3.08. The van der Waals surface area contributed by atoms with Crippen molar-refractivity contribution in [2.45, 2.75) is 70.9 Å². The van der Waals surface area contributed by atoms with Crippen LogP contribution in [0.5, 0.6) is 0 Å². The number of hydrogen-bond donors (Lipinski definition) is 1. The van der Waals surface area contributed by atoms with Crippen molar-refractivity contribution >= 4 is 0 Å². The van der Waals surface area contributed by atoms with E-state index in [0.29, 0.717) is 0 Å². The van der Waals surface area contributed by atoms with Crippen molar-refractivity contribution in [2.75, 3.05) is 19.6 Å². The zero-order chi connectivity index (χ0) is 12.1. The second kappa shape index (κ2) is 6.75. The molecule has 1 heterocycles. The molecule has 2 aliphatic rings. The van der Waals surface area contributed by atoms with Crippen LogP contribution in [0.2, 0.25) is 0 Å². The molecule has 2 rings (SSSR count). The van der Waals surface area contributed by atoms with Crippen LogP contribution < -0.4 is 5.32 Å². The summed E-state index contributed by atoms with van der Waals surface area (Å²) in [7, 11) is 0. The maximum Gasteiger partial charge on any atom is 0.00700 e. The molecule has 0 amide bonds. The number of hydrogen-bond acceptors (Lipinski definition) is 2. The van der Waals surface area contributed by atoms with Gasteiger partial charge in [0.1, 0.15) is 0 Å². The SMILES string of the molecule is CC1CC(C)N(CCCCCCNC2CC2)C1. The van der Waals surface area contributed by atoms with E-state index in [0.717, 1.165) is 18.0 Å². The van der Waals surface area contributed by atoms with Crippen molar-refractivity contribution < 1.29 is 0 Å². The largest absolute Gasteiger partial charge is 0.314 e. The fourth-order valence-corrected chi connectivity index (χ4v) is 3.08. The van der Waals surface area contributed by atoms with Gasteiger partial charge in [0.15, 0.2) is 0 Å². The van der Waals surface area contributed by atoms with Crippen LogP contribution in [0.4, 0.5) is 0 Å². The minimum atomic E-state index is 0.835. The van der Waals surface area contributed by atoms with Crippen LogP contribution in [0.25, 0.3) is 0 Å². The molecule has 1 aliphatic heterocycles. The highest BCUT2D eigenvalue weighted by Gasteiger charge is 2.25. The monoisotopic (exact) mass is 238 g/mol. The van der Waals surface area contributed by atoms with Crippen molar-refractivity contribution in [1.29, 1.82) is 0 Å². The van der Waals surface area contributed by atoms with Gasteiger partial charge in [-0.3, -0.25) is 0 Å². The molecule has 2 unspecified atom stereocenters. The Labute approximate surface area is 107 Å². The van der Waals surface area contributed by atoms with Gasteiger partial charge < -0.3 is 10.2 Å². The van der Waals surface area contributed by atoms with E-state index in [1.807, 2.05) is 0 Å². The summed E-state index contributed by atoms with van der Waals surface area (Å²) in [4.78, 5) is 2.69. The van der Waals surface area contributed by atoms with Crippen molar-refractivity contribution in [2.24, 2.45) is 5.92 Å². The minimum absolute atomic E-state index is 0.835. The Morgan fingerprint density at radius 2 is 1.82 bits per heavy atom. The third-order valence-corrected chi connectivity index (χ3v) is 4.30. The molecule has 100 valence electrons. The summed E-state index contributed by atoms with van der Waals surface area (Å²) < 4.78 is 0. The minimum Gasteiger partial charge on any atom is -0.314 e. The summed E-state index contributed by atoms with van der Waals surface area (Å²) in [5.74, 6) is 0.924. The lowest BCUT2D eigenvalue weighted by Crippen LogP contribution is -2.28. The topological polar surface area (TPSA) is 15.3 Å². The first-order valence-electron chi connectivity index (χ1n) is 7.73. The van der Waals surface area contributed by atoms with Gasteiger partial charge in [0.2, 0.25) is 0 Å². The first-order chi connectivity index (χ1) is 8.25. The van der Waals surface area contributed by atoms with Crippen LogP contribution in [-0.2, 0) is 0 Å². The average Bonchev–Trinajstić information content (AvgIpc) is 3.04. The van der Waals surface area contributed by atoms with Crippen molar-refractivity contribution in [3.05, 3.63) is 0 Å². The van der Waals surface area contributed by atoms with E-state index in [1.54, 1.807) is 0 Å². The molecule has 1 aliphatic carbocycles. The molecule has 2 nitrogen and oxygen atoms in total. The third kappa shape index (κ3) is 4.97. The van der Waals surface area contributed by atoms with E-state index in [1.165, 1.54) is 64.6 Å². The Morgan fingerprint density at radius 3 is 2.47 bits per heavy atom. The summed E-state index contributed by atoms with van der Waals surface area (Å²) in [6, 6.07) is 1.73. The van der Waals surface area contributed by atoms with Gasteiger partial charge in [0.05, 0.1) is 0 Å². The Hall–Kier alpha value is -0.0800. The summed E-state index contributed by atoms with van der Waals surface area (Å²) in [6.45, 7) is 8.71. The van der Waals surface area contributed by atoms with Crippen molar-refractivity contribution in [1.82, 2.24) is 10.2 Å². The molecular weight excluding hydrogens is 208 g/mol. The van der Waals surface area contributed by atoms with Gasteiger partial charge in [-0.05, 0) is 58.0 Å². The standard InChI is InChI=1S/C15H30N2/c1-13-11-14(2)17(12-13)10-6-4-3-5-9-16-15-7-8-15/h13-16H,3-12H2,1-2H3. The maximum absolute atomic E-state index is 3.59. The summed E-state index contributed by atoms with van der Waals surface area (Å²) in [6.07, 6.45) is 9.87. The van der Waals surface area contributed by atoms with E-state index in [2.05, 4.69) is 24.1 Å². The van der Waals surface area contributed by atoms with Gasteiger partial charge in [-0.15, -0.1) is 0 Å². The Balaban J connectivity index is 1.40. The Bertz CT molecular complexity index is 213. The molecule has 0 bridgehead atoms. The van der Waals surface area contributed by atoms with Crippen LogP contribution >= 0.6 is 0 Å². The van der Waals surface area contributed by atoms with Crippen LogP contribution in [0, 0.1) is 5.92 Å². The van der Waals surface area contributed by atoms with E-state index in [4.69, 9.17) is 0 Å². The van der Waals surface area contributed by atoms with Gasteiger partial charge in [0, 0.05) is 18.6 Å².